The minimum atomic E-state index is -4.94. The molecule has 2 bridgehead atoms. The van der Waals surface area contributed by atoms with Gasteiger partial charge in [0, 0.05) is 42.0 Å². The molecule has 2 aliphatic heterocycles. The van der Waals surface area contributed by atoms with Crippen LogP contribution in [0.3, 0.4) is 0 Å². The maximum atomic E-state index is 11.1. The smallest absolute Gasteiger partial charge is 0.192 e. The lowest BCUT2D eigenvalue weighted by Crippen LogP contribution is -2.69. The van der Waals surface area contributed by atoms with Crippen molar-refractivity contribution in [2.75, 3.05) is 0 Å². The van der Waals surface area contributed by atoms with Crippen LogP contribution in [0.25, 0.3) is 0 Å². The molecule has 2 atom stereocenters. The molecule has 0 amide bonds. The third-order valence-electron chi connectivity index (χ3n) is 7.36. The minimum absolute atomic E-state index is 0.0292. The standard InChI is InChI=1S/C28H23NO.ClHO4/c1-27-19-28(20-11-4-2-5-12-20,21-13-6-3-7-14-21)26(23-16-8-9-18-29(23)27)25-22(27)15-10-17-24(25)30;2-1(3,4)5/h2-18,26H,19H2,1H3;(H,2,3,4,5). The fourth-order valence-electron chi connectivity index (χ4n) is 6.24. The van der Waals surface area contributed by atoms with Crippen molar-refractivity contribution in [2.24, 2.45) is 0 Å². The molecule has 0 saturated carbocycles. The summed E-state index contributed by atoms with van der Waals surface area (Å²) in [5.74, 6) is 0.427. The van der Waals surface area contributed by atoms with Crippen molar-refractivity contribution >= 4 is 0 Å². The van der Waals surface area contributed by atoms with E-state index in [-0.39, 0.29) is 16.9 Å². The van der Waals surface area contributed by atoms with Gasteiger partial charge in [0.05, 0.1) is 5.92 Å². The van der Waals surface area contributed by atoms with Crippen molar-refractivity contribution in [1.29, 1.82) is 0 Å². The van der Waals surface area contributed by atoms with E-state index >= 15 is 0 Å². The number of rotatable bonds is 2. The normalized spacial score (nSPS) is 21.3. The third kappa shape index (κ3) is 3.80. The molecule has 0 spiro atoms. The summed E-state index contributed by atoms with van der Waals surface area (Å²) in [6, 6.07) is 34.2. The molecule has 6 nitrogen and oxygen atoms in total. The first-order valence-corrected chi connectivity index (χ1v) is 12.5. The highest BCUT2D eigenvalue weighted by atomic mass is 35.7. The number of phenols is 1. The molecule has 0 fully saturated rings. The topological polar surface area (TPSA) is 116 Å². The summed E-state index contributed by atoms with van der Waals surface area (Å²) in [5, 5.41) is 11.1. The van der Waals surface area contributed by atoms with Crippen molar-refractivity contribution in [2.45, 2.75) is 30.2 Å². The molecule has 0 radical (unpaired) electrons. The molecular weight excluding hydrogens is 466 g/mol. The number of aromatic nitrogens is 1. The quantitative estimate of drug-likeness (QED) is 0.412. The number of nitrogens with zero attached hydrogens (tertiary/aromatic N) is 1. The molecule has 3 aromatic carbocycles. The van der Waals surface area contributed by atoms with Crippen molar-refractivity contribution in [3.05, 3.63) is 131 Å². The number of phenolic OH excluding ortho intramolecular Hbond substituents is 1. The van der Waals surface area contributed by atoms with Crippen LogP contribution in [0.5, 0.6) is 5.75 Å². The van der Waals surface area contributed by atoms with Gasteiger partial charge < -0.3 is 5.11 Å². The fraction of sp³-hybridized carbons (Fsp3) is 0.179. The van der Waals surface area contributed by atoms with Gasteiger partial charge in [-0.1, -0.05) is 78.9 Å². The Kier molecular flexibility index (Phi) is 5.67. The molecule has 7 rings (SSSR count). The lowest BCUT2D eigenvalue weighted by molar-refractivity contribution is -2.00. The first-order chi connectivity index (χ1) is 16.7. The van der Waals surface area contributed by atoms with E-state index in [0.717, 1.165) is 12.0 Å². The second-order valence-electron chi connectivity index (χ2n) is 9.20. The van der Waals surface area contributed by atoms with Crippen LogP contribution in [0.4, 0.5) is 0 Å². The molecule has 7 heteroatoms. The average molecular weight is 490 g/mol. The van der Waals surface area contributed by atoms with Crippen LogP contribution in [-0.2, 0) is 11.0 Å². The first kappa shape index (κ1) is 23.5. The molecular formula is C28H24ClNO5. The molecule has 3 aliphatic rings. The lowest BCUT2D eigenvalue weighted by Gasteiger charge is -2.53. The lowest BCUT2D eigenvalue weighted by atomic mass is 9.50. The van der Waals surface area contributed by atoms with E-state index in [9.17, 15) is 5.11 Å². The van der Waals surface area contributed by atoms with Crippen LogP contribution in [0.15, 0.2) is 103 Å². The molecule has 0 saturated heterocycles. The van der Waals surface area contributed by atoms with E-state index < -0.39 is 10.2 Å². The number of benzene rings is 3. The second kappa shape index (κ2) is 8.45. The van der Waals surface area contributed by atoms with Gasteiger partial charge in [0.2, 0.25) is 0 Å². The Morgan fingerprint density at radius 2 is 1.31 bits per heavy atom. The van der Waals surface area contributed by atoms with Gasteiger partial charge in [-0.15, -0.1) is 10.2 Å². The van der Waals surface area contributed by atoms with Crippen molar-refractivity contribution in [3.8, 4) is 5.75 Å². The zero-order valence-corrected chi connectivity index (χ0v) is 19.8. The highest BCUT2D eigenvalue weighted by molar-refractivity contribution is 5.59. The van der Waals surface area contributed by atoms with Crippen molar-refractivity contribution < 1.29 is 38.6 Å². The Hall–Kier alpha value is -3.26. The molecule has 4 aromatic rings. The van der Waals surface area contributed by atoms with Crippen LogP contribution < -0.4 is 23.2 Å². The van der Waals surface area contributed by atoms with Gasteiger partial charge in [-0.25, -0.2) is 18.6 Å². The first-order valence-electron chi connectivity index (χ1n) is 11.2. The number of fused-ring (bicyclic) bond motifs is 1. The summed E-state index contributed by atoms with van der Waals surface area (Å²) in [4.78, 5) is 0. The largest absolute Gasteiger partial charge is 0.508 e. The molecule has 1 N–H and O–H groups in total. The van der Waals surface area contributed by atoms with E-state index in [4.69, 9.17) is 18.6 Å². The molecule has 3 heterocycles. The Morgan fingerprint density at radius 3 is 1.89 bits per heavy atom. The summed E-state index contributed by atoms with van der Waals surface area (Å²) in [5.41, 5.74) is 5.65. The van der Waals surface area contributed by atoms with Crippen LogP contribution in [0.2, 0.25) is 0 Å². The van der Waals surface area contributed by atoms with Crippen molar-refractivity contribution in [1.82, 2.24) is 0 Å². The Labute approximate surface area is 205 Å². The predicted molar refractivity (Wildman–Crippen MR) is 118 cm³/mol. The number of hydrogen-bond acceptors (Lipinski definition) is 5. The maximum Gasteiger partial charge on any atom is 0.192 e. The molecule has 35 heavy (non-hydrogen) atoms. The van der Waals surface area contributed by atoms with E-state index in [1.54, 1.807) is 0 Å². The van der Waals surface area contributed by atoms with Crippen LogP contribution >= 0.6 is 0 Å². The van der Waals surface area contributed by atoms with Gasteiger partial charge in [-0.2, -0.15) is 4.57 Å². The van der Waals surface area contributed by atoms with Gasteiger partial charge in [-0.3, -0.25) is 0 Å². The van der Waals surface area contributed by atoms with Crippen LogP contribution in [0.1, 0.15) is 47.2 Å². The Bertz CT molecular complexity index is 1310. The van der Waals surface area contributed by atoms with Gasteiger partial charge in [0.15, 0.2) is 17.4 Å². The van der Waals surface area contributed by atoms with E-state index in [0.29, 0.717) is 5.75 Å². The Morgan fingerprint density at radius 1 is 0.771 bits per heavy atom. The number of hydrogen-bond donors (Lipinski definition) is 1. The highest BCUT2D eigenvalue weighted by Crippen LogP contribution is 2.62. The highest BCUT2D eigenvalue weighted by Gasteiger charge is 2.65. The summed E-state index contributed by atoms with van der Waals surface area (Å²) >= 11 is 0. The van der Waals surface area contributed by atoms with Gasteiger partial charge >= 0.3 is 0 Å². The number of aromatic hydroxyl groups is 1. The van der Waals surface area contributed by atoms with Gasteiger partial charge in [-0.05, 0) is 17.2 Å². The monoisotopic (exact) mass is 489 g/mol. The van der Waals surface area contributed by atoms with E-state index in [1.807, 2.05) is 12.1 Å². The summed E-state index contributed by atoms with van der Waals surface area (Å²) in [6.07, 6.45) is 3.14. The second-order valence-corrected chi connectivity index (χ2v) is 9.95. The zero-order chi connectivity index (χ0) is 24.8. The summed E-state index contributed by atoms with van der Waals surface area (Å²) in [7, 11) is -4.94. The summed E-state index contributed by atoms with van der Waals surface area (Å²) in [6.45, 7) is 2.32. The molecule has 178 valence electrons. The molecule has 2 unspecified atom stereocenters. The van der Waals surface area contributed by atoms with Crippen molar-refractivity contribution in [3.63, 3.8) is 0 Å². The zero-order valence-electron chi connectivity index (χ0n) is 19.0. The maximum absolute atomic E-state index is 11.1. The van der Waals surface area contributed by atoms with E-state index in [2.05, 4.69) is 103 Å². The third-order valence-corrected chi connectivity index (χ3v) is 7.36. The van der Waals surface area contributed by atoms with Crippen LogP contribution in [0, 0.1) is 10.2 Å². The predicted octanol–water partition coefficient (Wildman–Crippen LogP) is 0.523. The number of pyridine rings is 1. The summed E-state index contributed by atoms with van der Waals surface area (Å²) < 4.78 is 36.4. The average Bonchev–Trinajstić information content (AvgIpc) is 2.84. The molecule has 1 aliphatic carbocycles. The van der Waals surface area contributed by atoms with E-state index in [1.165, 1.54) is 22.4 Å². The SMILES string of the molecule is CC12CC(c3ccccc3)(c3ccccc3)C(c3c(O)cccc31)c1cccc[n+]12.[O-][Cl+3]([O-])([O-])[O-]. The number of halogens is 1. The Balaban J connectivity index is 0.000000464. The molecule has 1 aromatic heterocycles. The van der Waals surface area contributed by atoms with Gasteiger partial charge in [0.25, 0.3) is 0 Å². The fourth-order valence-corrected chi connectivity index (χ4v) is 6.24. The van der Waals surface area contributed by atoms with Crippen LogP contribution in [-0.4, -0.2) is 5.11 Å². The minimum Gasteiger partial charge on any atom is -0.508 e. The van der Waals surface area contributed by atoms with Gasteiger partial charge in [0.1, 0.15) is 5.75 Å².